The molecule has 0 saturated carbocycles. The number of hydrogen-bond donors (Lipinski definition) is 1. The summed E-state index contributed by atoms with van der Waals surface area (Å²) in [5.74, 6) is 0.393. The predicted octanol–water partition coefficient (Wildman–Crippen LogP) is 4.96. The van der Waals surface area contributed by atoms with Gasteiger partial charge in [-0.05, 0) is 55.3 Å². The summed E-state index contributed by atoms with van der Waals surface area (Å²) in [7, 11) is -3.61. The van der Waals surface area contributed by atoms with Crippen molar-refractivity contribution in [3.63, 3.8) is 0 Å². The number of hydrogen-bond acceptors (Lipinski definition) is 4. The highest BCUT2D eigenvalue weighted by atomic mass is 32.2. The van der Waals surface area contributed by atoms with Crippen LogP contribution in [0.3, 0.4) is 0 Å². The average Bonchev–Trinajstić information content (AvgIpc) is 3.16. The number of amides is 1. The van der Waals surface area contributed by atoms with Gasteiger partial charge in [-0.25, -0.2) is 8.42 Å². The van der Waals surface area contributed by atoms with Gasteiger partial charge in [-0.3, -0.25) is 4.79 Å². The van der Waals surface area contributed by atoms with Crippen molar-refractivity contribution in [3.8, 4) is 5.75 Å². The van der Waals surface area contributed by atoms with Gasteiger partial charge in [0.1, 0.15) is 12.3 Å². The van der Waals surface area contributed by atoms with E-state index in [0.29, 0.717) is 23.2 Å². The number of para-hydroxylation sites is 1. The lowest BCUT2D eigenvalue weighted by molar-refractivity contribution is -0.116. The smallest absolute Gasteiger partial charge is 0.244 e. The minimum Gasteiger partial charge on any atom is -0.494 e. The highest BCUT2D eigenvalue weighted by Crippen LogP contribution is 2.29. The molecule has 0 radical (unpaired) electrons. The SMILES string of the molecule is CCOc1ccc(NC(=O)Cn2cc(S(=O)(=O)Cc3ccccc3C)c3ccccc32)cc1. The molecule has 3 aromatic carbocycles. The number of fused-ring (bicyclic) bond motifs is 1. The fourth-order valence-corrected chi connectivity index (χ4v) is 5.49. The summed E-state index contributed by atoms with van der Waals surface area (Å²) < 4.78 is 33.7. The van der Waals surface area contributed by atoms with E-state index in [1.54, 1.807) is 47.2 Å². The van der Waals surface area contributed by atoms with E-state index in [9.17, 15) is 13.2 Å². The molecule has 0 saturated heterocycles. The van der Waals surface area contributed by atoms with Crippen molar-refractivity contribution >= 4 is 32.3 Å². The summed E-state index contributed by atoms with van der Waals surface area (Å²) in [6.45, 7) is 4.38. The highest BCUT2D eigenvalue weighted by molar-refractivity contribution is 7.90. The maximum Gasteiger partial charge on any atom is 0.244 e. The van der Waals surface area contributed by atoms with Crippen LogP contribution in [0, 0.1) is 6.92 Å². The van der Waals surface area contributed by atoms with Crippen molar-refractivity contribution in [3.05, 3.63) is 90.1 Å². The number of rotatable bonds is 8. The number of benzene rings is 3. The Kier molecular flexibility index (Phi) is 6.51. The molecule has 0 bridgehead atoms. The first-order chi connectivity index (χ1) is 15.9. The van der Waals surface area contributed by atoms with Crippen molar-refractivity contribution in [2.45, 2.75) is 31.0 Å². The van der Waals surface area contributed by atoms with Crippen LogP contribution < -0.4 is 10.1 Å². The molecule has 0 aliphatic heterocycles. The second kappa shape index (κ2) is 9.50. The monoisotopic (exact) mass is 462 g/mol. The second-order valence-electron chi connectivity index (χ2n) is 7.83. The van der Waals surface area contributed by atoms with Gasteiger partial charge in [0.05, 0.1) is 17.3 Å². The third-order valence-corrected chi connectivity index (χ3v) is 7.14. The van der Waals surface area contributed by atoms with Gasteiger partial charge in [0.25, 0.3) is 0 Å². The molecule has 6 nitrogen and oxygen atoms in total. The standard InChI is InChI=1S/C26H26N2O4S/c1-3-32-22-14-12-21(13-15-22)27-26(29)17-28-16-25(23-10-6-7-11-24(23)28)33(30,31)18-20-9-5-4-8-19(20)2/h4-16H,3,17-18H2,1-2H3,(H,27,29). The van der Waals surface area contributed by atoms with Gasteiger partial charge in [0, 0.05) is 22.8 Å². The number of anilines is 1. The number of sulfone groups is 1. The molecule has 0 spiro atoms. The Morgan fingerprint density at radius 2 is 1.67 bits per heavy atom. The molecule has 0 fully saturated rings. The van der Waals surface area contributed by atoms with Crippen molar-refractivity contribution < 1.29 is 17.9 Å². The molecule has 4 aromatic rings. The van der Waals surface area contributed by atoms with E-state index < -0.39 is 9.84 Å². The Hall–Kier alpha value is -3.58. The molecule has 4 rings (SSSR count). The summed E-state index contributed by atoms with van der Waals surface area (Å²) in [6, 6.07) is 21.8. The zero-order chi connectivity index (χ0) is 23.4. The Balaban J connectivity index is 1.59. The van der Waals surface area contributed by atoms with Gasteiger partial charge >= 0.3 is 0 Å². The van der Waals surface area contributed by atoms with Gasteiger partial charge in [0.15, 0.2) is 9.84 Å². The van der Waals surface area contributed by atoms with Crippen molar-refractivity contribution in [1.82, 2.24) is 4.57 Å². The molecular weight excluding hydrogens is 436 g/mol. The van der Waals surface area contributed by atoms with Crippen LogP contribution in [0.2, 0.25) is 0 Å². The van der Waals surface area contributed by atoms with E-state index in [2.05, 4.69) is 5.32 Å². The van der Waals surface area contributed by atoms with E-state index in [-0.39, 0.29) is 23.1 Å². The minimum absolute atomic E-state index is 0.00634. The number of nitrogens with one attached hydrogen (secondary N) is 1. The van der Waals surface area contributed by atoms with Crippen LogP contribution in [0.15, 0.2) is 83.9 Å². The van der Waals surface area contributed by atoms with Crippen molar-refractivity contribution in [2.75, 3.05) is 11.9 Å². The molecule has 170 valence electrons. The van der Waals surface area contributed by atoms with Gasteiger partial charge in [0.2, 0.25) is 5.91 Å². The normalized spacial score (nSPS) is 11.5. The van der Waals surface area contributed by atoms with E-state index in [1.807, 2.05) is 50.2 Å². The van der Waals surface area contributed by atoms with Gasteiger partial charge in [-0.2, -0.15) is 0 Å². The lowest BCUT2D eigenvalue weighted by Gasteiger charge is -2.08. The third-order valence-electron chi connectivity index (χ3n) is 5.46. The number of carbonyl (C=O) groups excluding carboxylic acids is 1. The number of carbonyl (C=O) groups is 1. The fourth-order valence-electron chi connectivity index (χ4n) is 3.80. The molecule has 0 aliphatic carbocycles. The topological polar surface area (TPSA) is 77.4 Å². The third kappa shape index (κ3) is 5.09. The minimum atomic E-state index is -3.61. The number of aromatic nitrogens is 1. The lowest BCUT2D eigenvalue weighted by Crippen LogP contribution is -2.18. The Morgan fingerprint density at radius 1 is 0.970 bits per heavy atom. The summed E-state index contributed by atoms with van der Waals surface area (Å²) in [5, 5.41) is 3.47. The first-order valence-corrected chi connectivity index (χ1v) is 12.4. The van der Waals surface area contributed by atoms with Crippen LogP contribution in [0.5, 0.6) is 5.75 Å². The molecule has 1 aromatic heterocycles. The van der Waals surface area contributed by atoms with E-state index in [4.69, 9.17) is 4.74 Å². The zero-order valence-corrected chi connectivity index (χ0v) is 19.4. The van der Waals surface area contributed by atoms with Crippen LogP contribution in [0.4, 0.5) is 5.69 Å². The van der Waals surface area contributed by atoms with Crippen molar-refractivity contribution in [1.29, 1.82) is 0 Å². The first kappa shape index (κ1) is 22.6. The fraction of sp³-hybridized carbons (Fsp3) is 0.192. The number of ether oxygens (including phenoxy) is 1. The first-order valence-electron chi connectivity index (χ1n) is 10.8. The summed E-state index contributed by atoms with van der Waals surface area (Å²) in [4.78, 5) is 12.9. The van der Waals surface area contributed by atoms with Gasteiger partial charge in [-0.15, -0.1) is 0 Å². The molecule has 0 aliphatic rings. The van der Waals surface area contributed by atoms with E-state index in [1.165, 1.54) is 0 Å². The maximum atomic E-state index is 13.3. The van der Waals surface area contributed by atoms with E-state index in [0.717, 1.165) is 16.9 Å². The summed E-state index contributed by atoms with van der Waals surface area (Å²) in [6.07, 6.45) is 1.57. The maximum absolute atomic E-state index is 13.3. The molecule has 33 heavy (non-hydrogen) atoms. The number of aryl methyl sites for hydroxylation is 1. The molecule has 1 N–H and O–H groups in total. The molecule has 7 heteroatoms. The van der Waals surface area contributed by atoms with Crippen LogP contribution in [-0.4, -0.2) is 25.5 Å². The Morgan fingerprint density at radius 3 is 2.39 bits per heavy atom. The quantitative estimate of drug-likeness (QED) is 0.401. The Labute approximate surface area is 193 Å². The molecule has 0 unspecified atom stereocenters. The lowest BCUT2D eigenvalue weighted by atomic mass is 10.1. The summed E-state index contributed by atoms with van der Waals surface area (Å²) >= 11 is 0. The van der Waals surface area contributed by atoms with Crippen LogP contribution in [-0.2, 0) is 26.9 Å². The molecule has 1 heterocycles. The van der Waals surface area contributed by atoms with Gasteiger partial charge in [-0.1, -0.05) is 42.5 Å². The molecule has 0 atom stereocenters. The molecule has 1 amide bonds. The largest absolute Gasteiger partial charge is 0.494 e. The highest BCUT2D eigenvalue weighted by Gasteiger charge is 2.23. The second-order valence-corrected chi connectivity index (χ2v) is 9.79. The summed E-state index contributed by atoms with van der Waals surface area (Å²) in [5.41, 5.74) is 3.04. The zero-order valence-electron chi connectivity index (χ0n) is 18.6. The Bertz CT molecular complexity index is 1390. The van der Waals surface area contributed by atoms with Crippen LogP contribution in [0.25, 0.3) is 10.9 Å². The van der Waals surface area contributed by atoms with E-state index >= 15 is 0 Å². The predicted molar refractivity (Wildman–Crippen MR) is 130 cm³/mol. The van der Waals surface area contributed by atoms with Crippen LogP contribution >= 0.6 is 0 Å². The van der Waals surface area contributed by atoms with Crippen molar-refractivity contribution in [2.24, 2.45) is 0 Å². The number of nitrogens with zero attached hydrogens (tertiary/aromatic N) is 1. The van der Waals surface area contributed by atoms with Crippen LogP contribution in [0.1, 0.15) is 18.1 Å². The molecular formula is C26H26N2O4S. The van der Waals surface area contributed by atoms with Gasteiger partial charge < -0.3 is 14.6 Å². The average molecular weight is 463 g/mol.